The van der Waals surface area contributed by atoms with Gasteiger partial charge in [-0.1, -0.05) is 15.9 Å². The lowest BCUT2D eigenvalue weighted by Gasteiger charge is -2.60. The number of unbranched alkanes of at least 4 members (excludes halogenated alkanes) is 2. The van der Waals surface area contributed by atoms with E-state index in [1.54, 1.807) is 0 Å². The lowest BCUT2D eigenvalue weighted by molar-refractivity contribution is -0.980. The summed E-state index contributed by atoms with van der Waals surface area (Å²) in [6.07, 6.45) is 4.10. The lowest BCUT2D eigenvalue weighted by Crippen LogP contribution is -3.00. The fraction of sp³-hybridized carbons (Fsp3) is 1.00. The highest BCUT2D eigenvalue weighted by Gasteiger charge is 2.47. The molecule has 4 rings (SSSR count). The van der Waals surface area contributed by atoms with E-state index < -0.39 is 0 Å². The molecule has 6 heteroatoms. The molecule has 4 bridgehead atoms. The van der Waals surface area contributed by atoms with Gasteiger partial charge in [-0.3, -0.25) is 4.48 Å². The van der Waals surface area contributed by atoms with Crippen molar-refractivity contribution in [2.75, 3.05) is 51.9 Å². The van der Waals surface area contributed by atoms with Gasteiger partial charge in [0, 0.05) is 5.33 Å². The molecule has 4 aliphatic heterocycles. The van der Waals surface area contributed by atoms with Crippen LogP contribution in [-0.4, -0.2) is 71.1 Å². The number of hydrogen-bond acceptors (Lipinski definition) is 3. The summed E-state index contributed by atoms with van der Waals surface area (Å²) >= 11 is 3.51. The Morgan fingerprint density at radius 1 is 0.824 bits per heavy atom. The fourth-order valence-electron chi connectivity index (χ4n) is 3.59. The van der Waals surface area contributed by atoms with Gasteiger partial charge >= 0.3 is 0 Å². The molecule has 0 unspecified atom stereocenters. The first-order valence-electron chi connectivity index (χ1n) is 6.38. The largest absolute Gasteiger partial charge is 1.00 e. The van der Waals surface area contributed by atoms with Gasteiger partial charge in [0.25, 0.3) is 0 Å². The number of alkyl halides is 1. The maximum absolute atomic E-state index is 3.51. The zero-order valence-corrected chi connectivity index (χ0v) is 13.5. The van der Waals surface area contributed by atoms with Crippen molar-refractivity contribution in [1.29, 1.82) is 0 Å². The van der Waals surface area contributed by atoms with E-state index in [0.717, 1.165) is 5.33 Å². The van der Waals surface area contributed by atoms with Crippen LogP contribution in [0.25, 0.3) is 0 Å². The molecule has 4 aliphatic rings. The van der Waals surface area contributed by atoms with Crippen molar-refractivity contribution in [2.24, 2.45) is 0 Å². The Bertz CT molecular complexity index is 227. The van der Waals surface area contributed by atoms with Crippen molar-refractivity contribution in [3.8, 4) is 0 Å². The van der Waals surface area contributed by atoms with Crippen LogP contribution in [0.5, 0.6) is 0 Å². The van der Waals surface area contributed by atoms with Gasteiger partial charge in [0.15, 0.2) is 0 Å². The number of halogens is 2. The first-order chi connectivity index (χ1) is 7.80. The summed E-state index contributed by atoms with van der Waals surface area (Å²) in [5.41, 5.74) is 0. The first kappa shape index (κ1) is 14.2. The molecule has 0 aromatic rings. The second kappa shape index (κ2) is 5.84. The SMILES string of the molecule is BrCCCCC[N+]12CN3CN(CN(C3)C1)C2.[Br-]. The molecule has 0 aromatic heterocycles. The molecule has 0 aliphatic carbocycles. The van der Waals surface area contributed by atoms with Crippen molar-refractivity contribution in [2.45, 2.75) is 19.3 Å². The Kier molecular flexibility index (Phi) is 4.88. The van der Waals surface area contributed by atoms with Crippen LogP contribution in [0.2, 0.25) is 0 Å². The van der Waals surface area contributed by atoms with Crippen LogP contribution in [0.15, 0.2) is 0 Å². The normalized spacial score (nSPS) is 42.5. The predicted molar refractivity (Wildman–Crippen MR) is 67.5 cm³/mol. The molecule has 4 nitrogen and oxygen atoms in total. The van der Waals surface area contributed by atoms with Crippen LogP contribution >= 0.6 is 15.9 Å². The van der Waals surface area contributed by atoms with E-state index in [1.807, 2.05) is 0 Å². The van der Waals surface area contributed by atoms with E-state index >= 15 is 0 Å². The summed E-state index contributed by atoms with van der Waals surface area (Å²) in [4.78, 5) is 7.79. The summed E-state index contributed by atoms with van der Waals surface area (Å²) in [5.74, 6) is 0. The Hall–Kier alpha value is 0.800. The standard InChI is InChI=1S/C11H22BrN4.BrH/c12-4-2-1-3-5-16-9-13-6-14(10-16)8-15(7-13)11-16;/h1-11H2;1H/q+1;/p-1. The second-order valence-corrected chi connectivity index (χ2v) is 6.47. The first-order valence-corrected chi connectivity index (χ1v) is 7.50. The topological polar surface area (TPSA) is 9.72 Å². The predicted octanol–water partition coefficient (Wildman–Crippen LogP) is -1.94. The van der Waals surface area contributed by atoms with Crippen LogP contribution in [0.3, 0.4) is 0 Å². The third kappa shape index (κ3) is 3.04. The van der Waals surface area contributed by atoms with Gasteiger partial charge in [-0.05, 0) is 19.3 Å². The molecule has 100 valence electrons. The van der Waals surface area contributed by atoms with Crippen LogP contribution < -0.4 is 17.0 Å². The molecule has 0 radical (unpaired) electrons. The number of hydrogen-bond donors (Lipinski definition) is 0. The molecule has 0 spiro atoms. The van der Waals surface area contributed by atoms with E-state index in [9.17, 15) is 0 Å². The van der Waals surface area contributed by atoms with Crippen molar-refractivity contribution >= 4 is 15.9 Å². The van der Waals surface area contributed by atoms with Crippen LogP contribution in [0.4, 0.5) is 0 Å². The molecule has 0 saturated carbocycles. The Labute approximate surface area is 123 Å². The molecule has 4 saturated heterocycles. The van der Waals surface area contributed by atoms with Crippen molar-refractivity contribution < 1.29 is 21.5 Å². The highest BCUT2D eigenvalue weighted by atomic mass is 79.9. The minimum Gasteiger partial charge on any atom is -1.00 e. The minimum atomic E-state index is 0. The third-order valence-electron chi connectivity index (χ3n) is 3.97. The smallest absolute Gasteiger partial charge is 0.139 e. The van der Waals surface area contributed by atoms with Gasteiger partial charge in [-0.15, -0.1) is 0 Å². The lowest BCUT2D eigenvalue weighted by atomic mass is 10.2. The van der Waals surface area contributed by atoms with E-state index in [4.69, 9.17) is 0 Å². The van der Waals surface area contributed by atoms with E-state index in [0.29, 0.717) is 0 Å². The fourth-order valence-corrected chi connectivity index (χ4v) is 3.99. The van der Waals surface area contributed by atoms with Gasteiger partial charge < -0.3 is 17.0 Å². The van der Waals surface area contributed by atoms with Crippen LogP contribution in [0, 0.1) is 0 Å². The zero-order chi connectivity index (χ0) is 11.0. The van der Waals surface area contributed by atoms with Gasteiger partial charge in [0.2, 0.25) is 0 Å². The molecule has 0 N–H and O–H groups in total. The maximum atomic E-state index is 3.51. The summed E-state index contributed by atoms with van der Waals surface area (Å²) in [6, 6.07) is 0. The Morgan fingerprint density at radius 2 is 1.35 bits per heavy atom. The Morgan fingerprint density at radius 3 is 1.82 bits per heavy atom. The zero-order valence-electron chi connectivity index (χ0n) is 10.3. The number of nitrogens with zero attached hydrogens (tertiary/aromatic N) is 4. The molecule has 17 heavy (non-hydrogen) atoms. The molecule has 0 atom stereocenters. The van der Waals surface area contributed by atoms with E-state index in [1.165, 1.54) is 70.3 Å². The highest BCUT2D eigenvalue weighted by Crippen LogP contribution is 2.28. The summed E-state index contributed by atoms with van der Waals surface area (Å²) < 4.78 is 1.31. The molecule has 0 amide bonds. The maximum Gasteiger partial charge on any atom is 0.139 e. The van der Waals surface area contributed by atoms with Crippen LogP contribution in [-0.2, 0) is 0 Å². The molecule has 0 aromatic carbocycles. The van der Waals surface area contributed by atoms with E-state index in [2.05, 4.69) is 30.6 Å². The average Bonchev–Trinajstić information content (AvgIpc) is 2.22. The third-order valence-corrected chi connectivity index (χ3v) is 4.53. The van der Waals surface area contributed by atoms with Crippen molar-refractivity contribution in [3.63, 3.8) is 0 Å². The number of quaternary nitrogens is 1. The van der Waals surface area contributed by atoms with Gasteiger partial charge in [-0.25, -0.2) is 14.7 Å². The quantitative estimate of drug-likeness (QED) is 0.317. The molecule has 4 fully saturated rings. The van der Waals surface area contributed by atoms with Gasteiger partial charge in [0.05, 0.1) is 26.6 Å². The van der Waals surface area contributed by atoms with Crippen molar-refractivity contribution in [1.82, 2.24) is 14.7 Å². The van der Waals surface area contributed by atoms with Gasteiger partial charge in [-0.2, -0.15) is 0 Å². The molecule has 4 heterocycles. The second-order valence-electron chi connectivity index (χ2n) is 5.68. The summed E-state index contributed by atoms with van der Waals surface area (Å²) in [5, 5.41) is 1.16. The summed E-state index contributed by atoms with van der Waals surface area (Å²) in [7, 11) is 0. The molecular weight excluding hydrogens is 348 g/mol. The summed E-state index contributed by atoms with van der Waals surface area (Å²) in [6.45, 7) is 8.87. The average molecular weight is 370 g/mol. The van der Waals surface area contributed by atoms with E-state index in [-0.39, 0.29) is 17.0 Å². The minimum absolute atomic E-state index is 0. The number of rotatable bonds is 5. The monoisotopic (exact) mass is 368 g/mol. The highest BCUT2D eigenvalue weighted by molar-refractivity contribution is 9.09. The van der Waals surface area contributed by atoms with Crippen LogP contribution in [0.1, 0.15) is 19.3 Å². The van der Waals surface area contributed by atoms with Crippen molar-refractivity contribution in [3.05, 3.63) is 0 Å². The Balaban J connectivity index is 0.00000108. The molecular formula is C11H22Br2N4. The van der Waals surface area contributed by atoms with Gasteiger partial charge in [0.1, 0.15) is 20.0 Å².